The number of anilines is 1. The molecule has 4 aliphatic rings. The second-order valence-electron chi connectivity index (χ2n) is 11.3. The largest absolute Gasteiger partial charge is 0.387 e. The van der Waals surface area contributed by atoms with Gasteiger partial charge in [0.1, 0.15) is 12.1 Å². The van der Waals surface area contributed by atoms with Crippen LogP contribution in [-0.2, 0) is 4.79 Å². The van der Waals surface area contributed by atoms with E-state index in [1.807, 2.05) is 29.2 Å². The number of aliphatic hydroxyl groups is 1. The fourth-order valence-electron chi connectivity index (χ4n) is 7.17. The summed E-state index contributed by atoms with van der Waals surface area (Å²) in [6.45, 7) is 4.91. The number of rotatable bonds is 4. The second-order valence-corrected chi connectivity index (χ2v) is 11.7. The summed E-state index contributed by atoms with van der Waals surface area (Å²) < 4.78 is 0. The second kappa shape index (κ2) is 9.58. The Morgan fingerprint density at radius 2 is 1.83 bits per heavy atom. The Bertz CT molecular complexity index is 1110. The Balaban J connectivity index is 1.20. The standard InChI is InChI=1S/C28H36ClN5O2/c1-18-16-22(35)25-23(18)26(31-17-30-25)33-12-14-34(15-13-33)27(36)24(19-4-6-20(29)7-5-19)21-8-11-28(32-21)9-2-3-10-28/h4-7,17-18,21-22,24,32,35H,2-3,8-16H2,1H3/t18-,21+,22-,24+/m1/s1. The van der Waals surface area contributed by atoms with Crippen molar-refractivity contribution in [1.29, 1.82) is 0 Å². The van der Waals surface area contributed by atoms with Crippen molar-refractivity contribution >= 4 is 23.3 Å². The number of aliphatic hydroxyl groups excluding tert-OH is 1. The Hall–Kier alpha value is -2.22. The molecule has 7 nitrogen and oxygen atoms in total. The van der Waals surface area contributed by atoms with E-state index in [4.69, 9.17) is 11.6 Å². The third-order valence-electron chi connectivity index (χ3n) is 9.05. The number of carbonyl (C=O) groups excluding carboxylic acids is 1. The van der Waals surface area contributed by atoms with Crippen LogP contribution in [0.2, 0.25) is 5.02 Å². The van der Waals surface area contributed by atoms with Gasteiger partial charge in [-0.2, -0.15) is 0 Å². The molecule has 1 spiro atoms. The minimum Gasteiger partial charge on any atom is -0.387 e. The normalized spacial score (nSPS) is 28.0. The maximum Gasteiger partial charge on any atom is 0.231 e. The van der Waals surface area contributed by atoms with E-state index in [0.29, 0.717) is 24.5 Å². The fourth-order valence-corrected chi connectivity index (χ4v) is 7.30. The number of fused-ring (bicyclic) bond motifs is 1. The van der Waals surface area contributed by atoms with Crippen LogP contribution >= 0.6 is 11.6 Å². The van der Waals surface area contributed by atoms with Crippen molar-refractivity contribution < 1.29 is 9.90 Å². The molecule has 0 unspecified atom stereocenters. The third-order valence-corrected chi connectivity index (χ3v) is 9.31. The number of halogens is 1. The number of amides is 1. The average Bonchev–Trinajstić information content (AvgIpc) is 3.61. The van der Waals surface area contributed by atoms with Crippen LogP contribution in [0.1, 0.15) is 86.6 Å². The van der Waals surface area contributed by atoms with E-state index < -0.39 is 6.10 Å². The highest BCUT2D eigenvalue weighted by Gasteiger charge is 2.46. The molecule has 36 heavy (non-hydrogen) atoms. The Morgan fingerprint density at radius 1 is 1.11 bits per heavy atom. The summed E-state index contributed by atoms with van der Waals surface area (Å²) in [5, 5.41) is 15.0. The van der Waals surface area contributed by atoms with Crippen LogP contribution in [-0.4, -0.2) is 63.6 Å². The van der Waals surface area contributed by atoms with Crippen molar-refractivity contribution in [2.45, 2.75) is 81.4 Å². The lowest BCUT2D eigenvalue weighted by atomic mass is 9.88. The average molecular weight is 510 g/mol. The van der Waals surface area contributed by atoms with Crippen LogP contribution in [0.25, 0.3) is 0 Å². The molecule has 1 aromatic heterocycles. The van der Waals surface area contributed by atoms with Crippen molar-refractivity contribution in [3.05, 3.63) is 52.4 Å². The minimum atomic E-state index is -0.512. The number of nitrogens with one attached hydrogen (secondary N) is 1. The number of aromatic nitrogens is 2. The molecule has 1 amide bonds. The number of hydrogen-bond acceptors (Lipinski definition) is 6. The number of benzene rings is 1. The fraction of sp³-hybridized carbons (Fsp3) is 0.607. The third kappa shape index (κ3) is 4.29. The van der Waals surface area contributed by atoms with Crippen LogP contribution < -0.4 is 10.2 Å². The van der Waals surface area contributed by atoms with Crippen LogP contribution in [0, 0.1) is 0 Å². The quantitative estimate of drug-likeness (QED) is 0.644. The van der Waals surface area contributed by atoms with Crippen LogP contribution in [0.4, 0.5) is 5.82 Å². The molecule has 2 aromatic rings. The molecule has 0 bridgehead atoms. The van der Waals surface area contributed by atoms with Gasteiger partial charge in [-0.05, 0) is 55.7 Å². The number of hydrogen-bond donors (Lipinski definition) is 2. The topological polar surface area (TPSA) is 81.6 Å². The molecule has 2 N–H and O–H groups in total. The van der Waals surface area contributed by atoms with Gasteiger partial charge in [0, 0.05) is 48.3 Å². The number of piperazine rings is 1. The summed E-state index contributed by atoms with van der Waals surface area (Å²) in [6, 6.07) is 8.02. The summed E-state index contributed by atoms with van der Waals surface area (Å²) in [7, 11) is 0. The van der Waals surface area contributed by atoms with Crippen molar-refractivity contribution in [3.8, 4) is 0 Å². The molecule has 1 saturated carbocycles. The first-order valence-corrected chi connectivity index (χ1v) is 13.9. The molecule has 8 heteroatoms. The highest BCUT2D eigenvalue weighted by atomic mass is 35.5. The molecule has 3 heterocycles. The van der Waals surface area contributed by atoms with Gasteiger partial charge < -0.3 is 20.2 Å². The van der Waals surface area contributed by atoms with Crippen molar-refractivity contribution in [2.75, 3.05) is 31.1 Å². The van der Waals surface area contributed by atoms with E-state index >= 15 is 0 Å². The molecular formula is C28H36ClN5O2. The van der Waals surface area contributed by atoms with Gasteiger partial charge in [-0.1, -0.05) is 43.5 Å². The molecule has 2 aliphatic heterocycles. The molecule has 0 radical (unpaired) electrons. The molecule has 192 valence electrons. The van der Waals surface area contributed by atoms with E-state index in [1.54, 1.807) is 6.33 Å². The van der Waals surface area contributed by atoms with Crippen molar-refractivity contribution in [2.24, 2.45) is 0 Å². The zero-order valence-corrected chi connectivity index (χ0v) is 21.8. The molecule has 4 atom stereocenters. The predicted octanol–water partition coefficient (Wildman–Crippen LogP) is 4.17. The molecule has 2 aliphatic carbocycles. The van der Waals surface area contributed by atoms with Gasteiger partial charge >= 0.3 is 0 Å². The zero-order chi connectivity index (χ0) is 24.9. The van der Waals surface area contributed by atoms with Gasteiger partial charge in [-0.15, -0.1) is 0 Å². The van der Waals surface area contributed by atoms with E-state index in [0.717, 1.165) is 48.6 Å². The van der Waals surface area contributed by atoms with Crippen molar-refractivity contribution in [1.82, 2.24) is 20.2 Å². The van der Waals surface area contributed by atoms with Crippen molar-refractivity contribution in [3.63, 3.8) is 0 Å². The summed E-state index contributed by atoms with van der Waals surface area (Å²) in [4.78, 5) is 27.3. The van der Waals surface area contributed by atoms with E-state index in [2.05, 4.69) is 27.1 Å². The van der Waals surface area contributed by atoms with Gasteiger partial charge in [-0.25, -0.2) is 9.97 Å². The van der Waals surface area contributed by atoms with E-state index in [9.17, 15) is 9.90 Å². The highest BCUT2D eigenvalue weighted by molar-refractivity contribution is 6.30. The van der Waals surface area contributed by atoms with Crippen LogP contribution in [0.5, 0.6) is 0 Å². The van der Waals surface area contributed by atoms with Gasteiger partial charge in [0.05, 0.1) is 17.7 Å². The summed E-state index contributed by atoms with van der Waals surface area (Å²) in [6.07, 6.45) is 8.94. The number of carbonyl (C=O) groups is 1. The van der Waals surface area contributed by atoms with Gasteiger partial charge in [-0.3, -0.25) is 4.79 Å². The molecule has 6 rings (SSSR count). The Morgan fingerprint density at radius 3 is 2.56 bits per heavy atom. The Kier molecular flexibility index (Phi) is 6.42. The first-order chi connectivity index (χ1) is 17.4. The zero-order valence-electron chi connectivity index (χ0n) is 21.0. The van der Waals surface area contributed by atoms with Gasteiger partial charge in [0.2, 0.25) is 5.91 Å². The molecule has 2 saturated heterocycles. The smallest absolute Gasteiger partial charge is 0.231 e. The summed E-state index contributed by atoms with van der Waals surface area (Å²) in [5.41, 5.74) is 3.11. The van der Waals surface area contributed by atoms with Crippen LogP contribution in [0.3, 0.4) is 0 Å². The lowest BCUT2D eigenvalue weighted by Crippen LogP contribution is -2.53. The lowest BCUT2D eigenvalue weighted by molar-refractivity contribution is -0.133. The maximum absolute atomic E-state index is 14.1. The Labute approximate surface area is 218 Å². The summed E-state index contributed by atoms with van der Waals surface area (Å²) >= 11 is 6.19. The lowest BCUT2D eigenvalue weighted by Gasteiger charge is -2.39. The summed E-state index contributed by atoms with van der Waals surface area (Å²) in [5.74, 6) is 1.16. The first-order valence-electron chi connectivity index (χ1n) is 13.5. The van der Waals surface area contributed by atoms with Gasteiger partial charge in [0.15, 0.2) is 0 Å². The molecular weight excluding hydrogens is 474 g/mol. The monoisotopic (exact) mass is 509 g/mol. The van der Waals surface area contributed by atoms with Crippen LogP contribution in [0.15, 0.2) is 30.6 Å². The SMILES string of the molecule is C[C@@H]1C[C@@H](O)c2ncnc(N3CCN(C(=O)[C@@H](c4ccc(Cl)cc4)[C@@H]4CCC5(CCCC5)N4)CC3)c21. The minimum absolute atomic E-state index is 0.155. The predicted molar refractivity (Wildman–Crippen MR) is 140 cm³/mol. The molecule has 3 fully saturated rings. The van der Waals surface area contributed by atoms with E-state index in [-0.39, 0.29) is 29.3 Å². The highest BCUT2D eigenvalue weighted by Crippen LogP contribution is 2.44. The number of nitrogens with zero attached hydrogens (tertiary/aromatic N) is 4. The van der Waals surface area contributed by atoms with Gasteiger partial charge in [0.25, 0.3) is 0 Å². The first kappa shape index (κ1) is 24.1. The molecule has 1 aromatic carbocycles. The maximum atomic E-state index is 14.1. The van der Waals surface area contributed by atoms with E-state index in [1.165, 1.54) is 25.7 Å².